The van der Waals surface area contributed by atoms with Crippen LogP contribution in [0.2, 0.25) is 0 Å². The van der Waals surface area contributed by atoms with Gasteiger partial charge in [0.2, 0.25) is 5.82 Å². The number of nitrogens with one attached hydrogen (secondary N) is 2. The molecule has 292 valence electrons. The molecule has 1 saturated carbocycles. The Labute approximate surface area is 337 Å². The summed E-state index contributed by atoms with van der Waals surface area (Å²) < 4.78 is 2.41. The summed E-state index contributed by atoms with van der Waals surface area (Å²) in [5.74, 6) is 3.33. The molecule has 3 fully saturated rings. The normalized spacial score (nSPS) is 21.5. The zero-order chi connectivity index (χ0) is 39.6. The molecule has 0 radical (unpaired) electrons. The smallest absolute Gasteiger partial charge is 0.241 e. The molecular formula is C44H56N11S+. The molecule has 1 aromatic carbocycles. The van der Waals surface area contributed by atoms with Crippen molar-refractivity contribution in [2.75, 3.05) is 30.1 Å². The highest BCUT2D eigenvalue weighted by molar-refractivity contribution is 7.79. The number of quaternary nitrogens is 1. The van der Waals surface area contributed by atoms with Crippen molar-refractivity contribution in [2.45, 2.75) is 90.0 Å². The van der Waals surface area contributed by atoms with Gasteiger partial charge in [-0.25, -0.2) is 19.4 Å². The zero-order valence-electron chi connectivity index (χ0n) is 33.4. The Balaban J connectivity index is 0.00000237. The number of hydrogen-bond acceptors (Lipinski definition) is 10. The highest BCUT2D eigenvalue weighted by Crippen LogP contribution is 2.43. The van der Waals surface area contributed by atoms with Crippen LogP contribution in [-0.2, 0) is 13.2 Å². The number of nitrogens with zero attached hydrogens (tertiary/aromatic N) is 9. The van der Waals surface area contributed by atoms with E-state index in [2.05, 4.69) is 133 Å². The molecule has 1 aliphatic carbocycles. The molecule has 0 bridgehead atoms. The summed E-state index contributed by atoms with van der Waals surface area (Å²) in [4.78, 5) is 19.9. The lowest BCUT2D eigenvalue weighted by Crippen LogP contribution is -2.41. The van der Waals surface area contributed by atoms with Gasteiger partial charge in [-0.3, -0.25) is 0 Å². The first-order valence-electron chi connectivity index (χ1n) is 19.7. The second-order valence-electron chi connectivity index (χ2n) is 15.5. The summed E-state index contributed by atoms with van der Waals surface area (Å²) in [6.07, 6.45) is 19.5. The van der Waals surface area contributed by atoms with Crippen molar-refractivity contribution >= 4 is 41.7 Å². The van der Waals surface area contributed by atoms with Crippen LogP contribution in [-0.4, -0.2) is 66.8 Å². The lowest BCUT2D eigenvalue weighted by atomic mass is 9.97. The monoisotopic (exact) mass is 770 g/mol. The molecule has 6 heterocycles. The second kappa shape index (κ2) is 16.5. The van der Waals surface area contributed by atoms with Gasteiger partial charge in [-0.1, -0.05) is 43.7 Å². The fourth-order valence-corrected chi connectivity index (χ4v) is 8.27. The Morgan fingerprint density at radius 1 is 1.12 bits per heavy atom. The van der Waals surface area contributed by atoms with Gasteiger partial charge in [-0.05, 0) is 88.9 Å². The molecular weight excluding hydrogens is 715 g/mol. The molecule has 4 aromatic rings. The molecule has 0 amide bonds. The first-order valence-corrected chi connectivity index (χ1v) is 20.6. The number of rotatable bonds is 12. The average Bonchev–Trinajstić information content (AvgIpc) is 3.89. The minimum absolute atomic E-state index is 0.0537. The molecule has 11 nitrogen and oxygen atoms in total. The van der Waals surface area contributed by atoms with E-state index in [1.165, 1.54) is 37.8 Å². The lowest BCUT2D eigenvalue weighted by Gasteiger charge is -2.37. The fraction of sp³-hybridized carbons (Fsp3) is 0.386. The number of anilines is 2. The molecule has 8 rings (SSSR count). The first-order chi connectivity index (χ1) is 27.1. The molecule has 3 aliphatic heterocycles. The number of allylic oxidation sites excluding steroid dienone is 1. The Morgan fingerprint density at radius 3 is 2.70 bits per heavy atom. The molecule has 0 spiro atoms. The van der Waals surface area contributed by atoms with E-state index in [-0.39, 0.29) is 6.04 Å². The van der Waals surface area contributed by atoms with Gasteiger partial charge < -0.3 is 20.4 Å². The van der Waals surface area contributed by atoms with Crippen LogP contribution in [0.3, 0.4) is 0 Å². The standard InChI is InChI=1S/C43H52N11.CH4S/c1-8-51(40-18-15-28(2)47-31(40)5)32(6)35-13-11-14-38(30(35)4)45-25-34-26-46-50-53(34)27-54(7)23-20-37-36(19-21-44-43(37)54)42-48-39(33-16-17-33)24-41(49-42)52-22-10-9-12-29(52)3;1-2/h8,11,13-14,19-21,23-24,26,29,33,40,45,47H,1-2,5-6,9-10,12,15-18,22,25,27H2,3-4,7H3;2H,1H3/q+1;. The van der Waals surface area contributed by atoms with Crippen molar-refractivity contribution in [1.29, 1.82) is 0 Å². The number of hydrogen-bond donors (Lipinski definition) is 3. The molecule has 4 aliphatic rings. The summed E-state index contributed by atoms with van der Waals surface area (Å²) >= 11 is 3.53. The third-order valence-corrected chi connectivity index (χ3v) is 11.6. The van der Waals surface area contributed by atoms with Gasteiger partial charge in [0.25, 0.3) is 0 Å². The maximum atomic E-state index is 5.21. The summed E-state index contributed by atoms with van der Waals surface area (Å²) in [6, 6.07) is 11.1. The van der Waals surface area contributed by atoms with E-state index in [1.807, 2.05) is 23.3 Å². The van der Waals surface area contributed by atoms with Gasteiger partial charge in [-0.15, -0.1) is 5.10 Å². The Bertz CT molecular complexity index is 2170. The van der Waals surface area contributed by atoms with Crippen molar-refractivity contribution in [3.63, 3.8) is 0 Å². The van der Waals surface area contributed by atoms with Crippen LogP contribution in [0, 0.1) is 6.92 Å². The number of thiol groups is 1. The highest BCUT2D eigenvalue weighted by atomic mass is 32.1. The van der Waals surface area contributed by atoms with Crippen molar-refractivity contribution in [3.05, 3.63) is 121 Å². The van der Waals surface area contributed by atoms with Gasteiger partial charge in [-0.2, -0.15) is 17.3 Å². The van der Waals surface area contributed by atoms with Crippen molar-refractivity contribution in [1.82, 2.24) is 44.6 Å². The van der Waals surface area contributed by atoms with Gasteiger partial charge in [0.05, 0.1) is 37.1 Å². The number of benzene rings is 1. The van der Waals surface area contributed by atoms with Crippen LogP contribution >= 0.6 is 12.6 Å². The molecule has 2 N–H and O–H groups in total. The summed E-state index contributed by atoms with van der Waals surface area (Å²) in [7, 11) is 2.16. The van der Waals surface area contributed by atoms with Gasteiger partial charge in [0, 0.05) is 76.4 Å². The van der Waals surface area contributed by atoms with Crippen molar-refractivity contribution < 1.29 is 0 Å². The minimum Gasteiger partial charge on any atom is -0.379 e. The third-order valence-electron chi connectivity index (χ3n) is 11.6. The molecule has 3 unspecified atom stereocenters. The Morgan fingerprint density at radius 2 is 1.95 bits per heavy atom. The minimum atomic E-state index is 0.0537. The average molecular weight is 771 g/mol. The first kappa shape index (κ1) is 39.1. The van der Waals surface area contributed by atoms with Crippen LogP contribution in [0.15, 0.2) is 92.8 Å². The number of fused-ring (bicyclic) bond motifs is 1. The van der Waals surface area contributed by atoms with Gasteiger partial charge >= 0.3 is 0 Å². The maximum Gasteiger partial charge on any atom is 0.241 e. The second-order valence-corrected chi connectivity index (χ2v) is 15.5. The number of piperidine rings is 2. The van der Waals surface area contributed by atoms with E-state index < -0.39 is 0 Å². The Hall–Kier alpha value is -5.20. The van der Waals surface area contributed by atoms with E-state index in [4.69, 9.17) is 15.0 Å². The predicted molar refractivity (Wildman–Crippen MR) is 234 cm³/mol. The van der Waals surface area contributed by atoms with E-state index in [0.29, 0.717) is 29.7 Å². The van der Waals surface area contributed by atoms with Gasteiger partial charge in [0.15, 0.2) is 12.5 Å². The lowest BCUT2D eigenvalue weighted by molar-refractivity contribution is 0.325. The van der Waals surface area contributed by atoms with Crippen LogP contribution in [0.4, 0.5) is 17.3 Å². The quantitative estimate of drug-likeness (QED) is 0.0966. The van der Waals surface area contributed by atoms with Gasteiger partial charge in [0.1, 0.15) is 12.0 Å². The van der Waals surface area contributed by atoms with E-state index in [1.54, 1.807) is 6.26 Å². The number of pyridine rings is 1. The van der Waals surface area contributed by atoms with Crippen molar-refractivity contribution in [3.8, 4) is 11.4 Å². The fourth-order valence-electron chi connectivity index (χ4n) is 8.27. The predicted octanol–water partition coefficient (Wildman–Crippen LogP) is 8.63. The molecule has 56 heavy (non-hydrogen) atoms. The summed E-state index contributed by atoms with van der Waals surface area (Å²) in [6.45, 7) is 23.5. The SMILES string of the molecule is C=CN(C(=C)c1cccc(NCc2cnnn2C[N+]2(C)C=Cc3c(-c4nc(C5CC5)cc(N5CCCCC5C)n4)ccnc32)c1C)C1CCC(=C)NC1=C.CS. The molecule has 12 heteroatoms. The highest BCUT2D eigenvalue weighted by Gasteiger charge is 2.36. The molecule has 3 aromatic heterocycles. The van der Waals surface area contributed by atoms with E-state index >= 15 is 0 Å². The van der Waals surface area contributed by atoms with Crippen LogP contribution < -0.4 is 20.0 Å². The van der Waals surface area contributed by atoms with Crippen LogP contribution in [0.5, 0.6) is 0 Å². The summed E-state index contributed by atoms with van der Waals surface area (Å²) in [5.41, 5.74) is 10.2. The van der Waals surface area contributed by atoms with Crippen molar-refractivity contribution in [2.24, 2.45) is 0 Å². The van der Waals surface area contributed by atoms with Crippen LogP contribution in [0.1, 0.15) is 85.9 Å². The summed E-state index contributed by atoms with van der Waals surface area (Å²) in [5, 5.41) is 15.8. The van der Waals surface area contributed by atoms with Crippen LogP contribution in [0.25, 0.3) is 23.2 Å². The van der Waals surface area contributed by atoms with E-state index in [0.717, 1.165) is 87.6 Å². The van der Waals surface area contributed by atoms with E-state index in [9.17, 15) is 0 Å². The Kier molecular flexibility index (Phi) is 11.5. The molecule has 2 saturated heterocycles. The third kappa shape index (κ3) is 7.77. The maximum absolute atomic E-state index is 5.21. The largest absolute Gasteiger partial charge is 0.379 e. The zero-order valence-corrected chi connectivity index (χ0v) is 34.3. The molecule has 3 atom stereocenters. The number of aromatic nitrogens is 6. The topological polar surface area (TPSA) is 99.9 Å².